The minimum atomic E-state index is -0.342. The lowest BCUT2D eigenvalue weighted by molar-refractivity contribution is -0.913. The smallest absolute Gasteiger partial charge is 0.341 e. The predicted molar refractivity (Wildman–Crippen MR) is 115 cm³/mol. The number of benzene rings is 1. The SMILES string of the molecule is CCOC(=O)c1c(NC(=O)c2cccc(SCC)c2)sc2c1CC[NH+](CC)C2. The van der Waals surface area contributed by atoms with Gasteiger partial charge in [0.25, 0.3) is 5.91 Å². The van der Waals surface area contributed by atoms with E-state index in [0.29, 0.717) is 22.7 Å². The second kappa shape index (κ2) is 9.58. The molecule has 3 rings (SSSR count). The van der Waals surface area contributed by atoms with Gasteiger partial charge in [-0.1, -0.05) is 13.0 Å². The molecule has 5 nitrogen and oxygen atoms in total. The van der Waals surface area contributed by atoms with Crippen LogP contribution in [0.1, 0.15) is 51.9 Å². The highest BCUT2D eigenvalue weighted by Gasteiger charge is 2.31. The maximum atomic E-state index is 12.9. The van der Waals surface area contributed by atoms with Crippen LogP contribution in [0.4, 0.5) is 5.00 Å². The third-order valence-corrected chi connectivity index (χ3v) is 6.87. The van der Waals surface area contributed by atoms with Crippen molar-refractivity contribution in [2.45, 2.75) is 38.6 Å². The Kier molecular flexibility index (Phi) is 7.15. The second-order valence-corrected chi connectivity index (χ2v) is 9.07. The zero-order chi connectivity index (χ0) is 20.1. The molecule has 0 saturated heterocycles. The number of fused-ring (bicyclic) bond motifs is 1. The number of rotatable bonds is 7. The van der Waals surface area contributed by atoms with E-state index < -0.39 is 0 Å². The molecular weight excluding hydrogens is 392 g/mol. The van der Waals surface area contributed by atoms with Crippen molar-refractivity contribution >= 4 is 40.0 Å². The van der Waals surface area contributed by atoms with Crippen LogP contribution in [0.5, 0.6) is 0 Å². The van der Waals surface area contributed by atoms with Crippen LogP contribution in [-0.2, 0) is 17.7 Å². The average molecular weight is 420 g/mol. The summed E-state index contributed by atoms with van der Waals surface area (Å²) in [6.07, 6.45) is 0.835. The lowest BCUT2D eigenvalue weighted by atomic mass is 10.0. The van der Waals surface area contributed by atoms with Gasteiger partial charge in [-0.3, -0.25) is 4.79 Å². The van der Waals surface area contributed by atoms with Gasteiger partial charge in [-0.25, -0.2) is 4.79 Å². The Morgan fingerprint density at radius 3 is 2.82 bits per heavy atom. The van der Waals surface area contributed by atoms with Crippen molar-refractivity contribution in [3.63, 3.8) is 0 Å². The number of quaternary nitrogens is 1. The van der Waals surface area contributed by atoms with Crippen molar-refractivity contribution in [1.29, 1.82) is 0 Å². The molecular formula is C21H27N2O3S2+. The topological polar surface area (TPSA) is 59.8 Å². The molecule has 1 unspecified atom stereocenters. The highest BCUT2D eigenvalue weighted by Crippen LogP contribution is 2.35. The maximum Gasteiger partial charge on any atom is 0.341 e. The van der Waals surface area contributed by atoms with Gasteiger partial charge in [-0.05, 0) is 43.4 Å². The zero-order valence-corrected chi connectivity index (χ0v) is 18.2. The first kappa shape index (κ1) is 20.9. The molecule has 1 aromatic carbocycles. The van der Waals surface area contributed by atoms with E-state index in [-0.39, 0.29) is 11.9 Å². The van der Waals surface area contributed by atoms with Gasteiger partial charge in [0.15, 0.2) is 0 Å². The largest absolute Gasteiger partial charge is 0.462 e. The van der Waals surface area contributed by atoms with E-state index in [4.69, 9.17) is 4.74 Å². The first-order valence-corrected chi connectivity index (χ1v) is 11.6. The molecule has 2 heterocycles. The molecule has 1 amide bonds. The van der Waals surface area contributed by atoms with Gasteiger partial charge in [0, 0.05) is 16.9 Å². The van der Waals surface area contributed by atoms with Gasteiger partial charge >= 0.3 is 5.97 Å². The zero-order valence-electron chi connectivity index (χ0n) is 16.6. The fourth-order valence-electron chi connectivity index (χ4n) is 3.41. The van der Waals surface area contributed by atoms with Crippen molar-refractivity contribution < 1.29 is 19.2 Å². The molecule has 1 aliphatic heterocycles. The number of thioether (sulfide) groups is 1. The summed E-state index contributed by atoms with van der Waals surface area (Å²) >= 11 is 3.21. The fraction of sp³-hybridized carbons (Fsp3) is 0.429. The van der Waals surface area contributed by atoms with Crippen LogP contribution in [0.2, 0.25) is 0 Å². The number of likely N-dealkylation sites (N-methyl/N-ethyl adjacent to an activating group) is 1. The predicted octanol–water partition coefficient (Wildman–Crippen LogP) is 3.25. The Labute approximate surface area is 174 Å². The number of hydrogen-bond donors (Lipinski definition) is 2. The first-order chi connectivity index (χ1) is 13.6. The maximum absolute atomic E-state index is 12.9. The van der Waals surface area contributed by atoms with Crippen LogP contribution in [0.15, 0.2) is 29.2 Å². The van der Waals surface area contributed by atoms with Crippen LogP contribution in [0.25, 0.3) is 0 Å². The van der Waals surface area contributed by atoms with E-state index in [9.17, 15) is 9.59 Å². The lowest BCUT2D eigenvalue weighted by Crippen LogP contribution is -3.11. The van der Waals surface area contributed by atoms with E-state index >= 15 is 0 Å². The lowest BCUT2D eigenvalue weighted by Gasteiger charge is -2.22. The summed E-state index contributed by atoms with van der Waals surface area (Å²) in [4.78, 5) is 29.2. The molecule has 1 aromatic heterocycles. The number of esters is 1. The summed E-state index contributed by atoms with van der Waals surface area (Å²) in [5.41, 5.74) is 2.19. The number of nitrogens with one attached hydrogen (secondary N) is 2. The van der Waals surface area contributed by atoms with Crippen LogP contribution >= 0.6 is 23.1 Å². The van der Waals surface area contributed by atoms with E-state index in [1.165, 1.54) is 21.1 Å². The summed E-state index contributed by atoms with van der Waals surface area (Å²) < 4.78 is 5.29. The molecule has 0 spiro atoms. The van der Waals surface area contributed by atoms with Crippen LogP contribution in [0.3, 0.4) is 0 Å². The average Bonchev–Trinajstić information content (AvgIpc) is 3.05. The van der Waals surface area contributed by atoms with Gasteiger partial charge in [0.05, 0.1) is 30.1 Å². The second-order valence-electron chi connectivity index (χ2n) is 6.62. The number of ether oxygens (including phenoxy) is 1. The standard InChI is InChI=1S/C21H26N2O3S2/c1-4-23-11-10-16-17(13-23)28-20(18(16)21(25)26-5-2)22-19(24)14-8-7-9-15(12-14)27-6-3/h7-9,12H,4-6,10-11,13H2,1-3H3,(H,22,24)/p+1. The third-order valence-electron chi connectivity index (χ3n) is 4.84. The molecule has 0 fully saturated rings. The number of hydrogen-bond acceptors (Lipinski definition) is 5. The monoisotopic (exact) mass is 419 g/mol. The number of carbonyl (C=O) groups is 2. The van der Waals surface area contributed by atoms with Crippen molar-refractivity contribution in [2.75, 3.05) is 30.8 Å². The minimum Gasteiger partial charge on any atom is -0.462 e. The first-order valence-electron chi connectivity index (χ1n) is 9.76. The summed E-state index contributed by atoms with van der Waals surface area (Å²) in [7, 11) is 0. The van der Waals surface area contributed by atoms with Crippen molar-refractivity contribution in [3.05, 3.63) is 45.8 Å². The molecule has 0 aliphatic carbocycles. The van der Waals surface area contributed by atoms with Crippen molar-refractivity contribution in [2.24, 2.45) is 0 Å². The number of thiophene rings is 1. The van der Waals surface area contributed by atoms with Gasteiger partial charge in [0.2, 0.25) is 0 Å². The molecule has 2 aromatic rings. The van der Waals surface area contributed by atoms with Crippen molar-refractivity contribution in [1.82, 2.24) is 0 Å². The summed E-state index contributed by atoms with van der Waals surface area (Å²) in [5, 5.41) is 3.60. The Hall–Kier alpha value is -1.83. The molecule has 28 heavy (non-hydrogen) atoms. The van der Waals surface area contributed by atoms with E-state index in [0.717, 1.165) is 42.3 Å². The number of carbonyl (C=O) groups excluding carboxylic acids is 2. The Morgan fingerprint density at radius 2 is 2.11 bits per heavy atom. The summed E-state index contributed by atoms with van der Waals surface area (Å²) in [6.45, 7) is 9.31. The Balaban J connectivity index is 1.90. The molecule has 7 heteroatoms. The van der Waals surface area contributed by atoms with Gasteiger partial charge in [-0.15, -0.1) is 23.1 Å². The minimum absolute atomic E-state index is 0.192. The quantitative estimate of drug-likeness (QED) is 0.534. The van der Waals surface area contributed by atoms with Crippen LogP contribution in [-0.4, -0.2) is 37.3 Å². The van der Waals surface area contributed by atoms with E-state index in [1.54, 1.807) is 24.8 Å². The molecule has 0 bridgehead atoms. The highest BCUT2D eigenvalue weighted by atomic mass is 32.2. The molecule has 2 N–H and O–H groups in total. The van der Waals surface area contributed by atoms with E-state index in [1.807, 2.05) is 18.2 Å². The van der Waals surface area contributed by atoms with Crippen molar-refractivity contribution in [3.8, 4) is 0 Å². The number of amides is 1. The van der Waals surface area contributed by atoms with Gasteiger partial charge < -0.3 is 15.0 Å². The Morgan fingerprint density at radius 1 is 1.29 bits per heavy atom. The van der Waals surface area contributed by atoms with Crippen LogP contribution in [0, 0.1) is 0 Å². The molecule has 1 atom stereocenters. The number of anilines is 1. The molecule has 150 valence electrons. The van der Waals surface area contributed by atoms with Gasteiger partial charge in [0.1, 0.15) is 11.5 Å². The summed E-state index contributed by atoms with van der Waals surface area (Å²) in [6, 6.07) is 7.58. The Bertz CT molecular complexity index is 863. The summed E-state index contributed by atoms with van der Waals surface area (Å²) in [5.74, 6) is 0.416. The molecule has 0 saturated carbocycles. The third kappa shape index (κ3) is 4.59. The van der Waals surface area contributed by atoms with Crippen LogP contribution < -0.4 is 10.2 Å². The van der Waals surface area contributed by atoms with E-state index in [2.05, 4.69) is 19.2 Å². The highest BCUT2D eigenvalue weighted by molar-refractivity contribution is 7.99. The molecule has 0 radical (unpaired) electrons. The molecule has 1 aliphatic rings. The van der Waals surface area contributed by atoms with Gasteiger partial charge in [-0.2, -0.15) is 0 Å². The fourth-order valence-corrected chi connectivity index (χ4v) is 5.44. The normalized spacial score (nSPS) is 15.8.